The summed E-state index contributed by atoms with van der Waals surface area (Å²) in [6, 6.07) is 7.56. The molecule has 0 fully saturated rings. The standard InChI is InChI=1S/C18H27N3O2S/c1-7-14-10-8-9-11-15(14)20-24(22,23)16-12-21(13(2)3)19-17(16)18(4,5)6/h8-13,20H,7H2,1-6H3. The first kappa shape index (κ1) is 18.5. The molecule has 0 spiro atoms. The maximum Gasteiger partial charge on any atom is 0.265 e. The molecular weight excluding hydrogens is 322 g/mol. The van der Waals surface area contributed by atoms with Crippen molar-refractivity contribution in [3.63, 3.8) is 0 Å². The van der Waals surface area contributed by atoms with Gasteiger partial charge in [-0.05, 0) is 31.9 Å². The quantitative estimate of drug-likeness (QED) is 0.883. The van der Waals surface area contributed by atoms with Crippen LogP contribution in [0.25, 0.3) is 0 Å². The Bertz CT molecular complexity index is 815. The summed E-state index contributed by atoms with van der Waals surface area (Å²) in [4.78, 5) is 0.245. The zero-order chi connectivity index (χ0) is 18.1. The summed E-state index contributed by atoms with van der Waals surface area (Å²) in [6.45, 7) is 11.9. The monoisotopic (exact) mass is 349 g/mol. The minimum atomic E-state index is -3.71. The number of para-hydroxylation sites is 1. The average molecular weight is 350 g/mol. The lowest BCUT2D eigenvalue weighted by Gasteiger charge is -2.18. The third-order valence-corrected chi connectivity index (χ3v) is 5.24. The number of aromatic nitrogens is 2. The predicted molar refractivity (Wildman–Crippen MR) is 97.9 cm³/mol. The third-order valence-electron chi connectivity index (χ3n) is 3.87. The number of hydrogen-bond acceptors (Lipinski definition) is 3. The highest BCUT2D eigenvalue weighted by Gasteiger charge is 2.30. The second kappa shape index (κ2) is 6.59. The minimum absolute atomic E-state index is 0.0954. The Balaban J connectivity index is 2.53. The topological polar surface area (TPSA) is 64.0 Å². The highest BCUT2D eigenvalue weighted by molar-refractivity contribution is 7.92. The highest BCUT2D eigenvalue weighted by Crippen LogP contribution is 2.30. The second-order valence-electron chi connectivity index (χ2n) is 7.28. The van der Waals surface area contributed by atoms with Crippen LogP contribution >= 0.6 is 0 Å². The van der Waals surface area contributed by atoms with Gasteiger partial charge in [0.05, 0.1) is 11.4 Å². The molecule has 0 amide bonds. The molecule has 2 aromatic rings. The SMILES string of the molecule is CCc1ccccc1NS(=O)(=O)c1cn(C(C)C)nc1C(C)(C)C. The fourth-order valence-corrected chi connectivity index (χ4v) is 3.93. The van der Waals surface area contributed by atoms with E-state index in [2.05, 4.69) is 9.82 Å². The van der Waals surface area contributed by atoms with Crippen LogP contribution in [-0.2, 0) is 21.9 Å². The van der Waals surface area contributed by atoms with Crippen LogP contribution in [0.1, 0.15) is 58.8 Å². The number of rotatable bonds is 5. The van der Waals surface area contributed by atoms with Crippen LogP contribution in [0.3, 0.4) is 0 Å². The summed E-state index contributed by atoms with van der Waals surface area (Å²) < 4.78 is 30.5. The Morgan fingerprint density at radius 1 is 1.21 bits per heavy atom. The summed E-state index contributed by atoms with van der Waals surface area (Å²) in [5.74, 6) is 0. The summed E-state index contributed by atoms with van der Waals surface area (Å²) in [5.41, 5.74) is 1.80. The largest absolute Gasteiger partial charge is 0.279 e. The zero-order valence-electron chi connectivity index (χ0n) is 15.3. The molecule has 132 valence electrons. The molecule has 0 radical (unpaired) electrons. The Morgan fingerprint density at radius 2 is 1.83 bits per heavy atom. The first-order valence-corrected chi connectivity index (χ1v) is 9.75. The van der Waals surface area contributed by atoms with E-state index in [-0.39, 0.29) is 16.4 Å². The van der Waals surface area contributed by atoms with Gasteiger partial charge < -0.3 is 0 Å². The van der Waals surface area contributed by atoms with Crippen molar-refractivity contribution in [2.45, 2.75) is 64.3 Å². The normalized spacial score (nSPS) is 12.6. The molecule has 0 saturated heterocycles. The van der Waals surface area contributed by atoms with Crippen molar-refractivity contribution in [3.8, 4) is 0 Å². The Kier molecular flexibility index (Phi) is 5.08. The van der Waals surface area contributed by atoms with Gasteiger partial charge >= 0.3 is 0 Å². The van der Waals surface area contributed by atoms with Gasteiger partial charge in [-0.2, -0.15) is 5.10 Å². The van der Waals surface area contributed by atoms with Crippen molar-refractivity contribution < 1.29 is 8.42 Å². The third kappa shape index (κ3) is 3.80. The van der Waals surface area contributed by atoms with Gasteiger partial charge in [-0.3, -0.25) is 9.40 Å². The van der Waals surface area contributed by atoms with Gasteiger partial charge in [-0.25, -0.2) is 8.42 Å². The Morgan fingerprint density at radius 3 is 2.38 bits per heavy atom. The van der Waals surface area contributed by atoms with E-state index in [0.717, 1.165) is 12.0 Å². The number of nitrogens with one attached hydrogen (secondary N) is 1. The zero-order valence-corrected chi connectivity index (χ0v) is 16.1. The first-order valence-electron chi connectivity index (χ1n) is 8.26. The highest BCUT2D eigenvalue weighted by atomic mass is 32.2. The summed E-state index contributed by atoms with van der Waals surface area (Å²) in [7, 11) is -3.71. The molecule has 1 aromatic heterocycles. The predicted octanol–water partition coefficient (Wildman–Crippen LogP) is 4.12. The van der Waals surface area contributed by atoms with Crippen molar-refractivity contribution in [2.24, 2.45) is 0 Å². The maximum absolute atomic E-state index is 13.0. The van der Waals surface area contributed by atoms with Crippen molar-refractivity contribution in [1.29, 1.82) is 0 Å². The fourth-order valence-electron chi connectivity index (χ4n) is 2.48. The molecular formula is C18H27N3O2S. The van der Waals surface area contributed by atoms with E-state index >= 15 is 0 Å². The van der Waals surface area contributed by atoms with Gasteiger partial charge in [-0.15, -0.1) is 0 Å². The summed E-state index contributed by atoms with van der Waals surface area (Å²) in [5, 5.41) is 4.53. The number of anilines is 1. The van der Waals surface area contributed by atoms with Gasteiger partial charge in [0.1, 0.15) is 4.90 Å². The summed E-state index contributed by atoms with van der Waals surface area (Å²) in [6.07, 6.45) is 2.39. The van der Waals surface area contributed by atoms with E-state index in [1.807, 2.05) is 59.7 Å². The van der Waals surface area contributed by atoms with Gasteiger partial charge in [0.25, 0.3) is 10.0 Å². The molecule has 0 unspecified atom stereocenters. The smallest absolute Gasteiger partial charge is 0.265 e. The number of sulfonamides is 1. The van der Waals surface area contributed by atoms with Crippen LogP contribution in [0.4, 0.5) is 5.69 Å². The van der Waals surface area contributed by atoms with E-state index in [9.17, 15) is 8.42 Å². The number of hydrogen-bond donors (Lipinski definition) is 1. The van der Waals surface area contributed by atoms with Gasteiger partial charge in [0.15, 0.2) is 0 Å². The molecule has 5 nitrogen and oxygen atoms in total. The maximum atomic E-state index is 13.0. The van der Waals surface area contributed by atoms with Crippen molar-refractivity contribution in [2.75, 3.05) is 4.72 Å². The molecule has 1 aromatic carbocycles. The number of aryl methyl sites for hydroxylation is 1. The Labute approximate surface area is 145 Å². The first-order chi connectivity index (χ1) is 11.1. The van der Waals surface area contributed by atoms with Gasteiger partial charge in [0, 0.05) is 17.7 Å². The average Bonchev–Trinajstić information content (AvgIpc) is 2.94. The molecule has 1 N–H and O–H groups in total. The Hall–Kier alpha value is -1.82. The molecule has 24 heavy (non-hydrogen) atoms. The van der Waals surface area contributed by atoms with Crippen LogP contribution in [0, 0.1) is 0 Å². The van der Waals surface area contributed by atoms with Crippen LogP contribution in [0.5, 0.6) is 0 Å². The molecule has 0 bridgehead atoms. The lowest BCUT2D eigenvalue weighted by Crippen LogP contribution is -2.21. The number of benzene rings is 1. The fraction of sp³-hybridized carbons (Fsp3) is 0.500. The molecule has 0 aliphatic carbocycles. The van der Waals surface area contributed by atoms with E-state index in [1.54, 1.807) is 16.9 Å². The van der Waals surface area contributed by atoms with E-state index < -0.39 is 10.0 Å². The van der Waals surface area contributed by atoms with Crippen LogP contribution in [0.15, 0.2) is 35.4 Å². The summed E-state index contributed by atoms with van der Waals surface area (Å²) >= 11 is 0. The van der Waals surface area contributed by atoms with E-state index in [0.29, 0.717) is 11.4 Å². The van der Waals surface area contributed by atoms with Crippen molar-refractivity contribution in [1.82, 2.24) is 9.78 Å². The van der Waals surface area contributed by atoms with E-state index in [4.69, 9.17) is 0 Å². The van der Waals surface area contributed by atoms with Crippen LogP contribution in [0.2, 0.25) is 0 Å². The second-order valence-corrected chi connectivity index (χ2v) is 8.93. The minimum Gasteiger partial charge on any atom is -0.279 e. The lowest BCUT2D eigenvalue weighted by atomic mass is 9.92. The molecule has 0 atom stereocenters. The molecule has 0 aliphatic rings. The molecule has 6 heteroatoms. The van der Waals surface area contributed by atoms with Gasteiger partial charge in [-0.1, -0.05) is 45.9 Å². The van der Waals surface area contributed by atoms with E-state index in [1.165, 1.54) is 0 Å². The molecule has 2 rings (SSSR count). The van der Waals surface area contributed by atoms with Crippen LogP contribution < -0.4 is 4.72 Å². The van der Waals surface area contributed by atoms with Crippen molar-refractivity contribution in [3.05, 3.63) is 41.7 Å². The van der Waals surface area contributed by atoms with Gasteiger partial charge in [0.2, 0.25) is 0 Å². The molecule has 0 saturated carbocycles. The molecule has 1 heterocycles. The number of nitrogens with zero attached hydrogens (tertiary/aromatic N) is 2. The lowest BCUT2D eigenvalue weighted by molar-refractivity contribution is 0.493. The molecule has 0 aliphatic heterocycles. The van der Waals surface area contributed by atoms with Crippen molar-refractivity contribution >= 4 is 15.7 Å². The van der Waals surface area contributed by atoms with Crippen LogP contribution in [-0.4, -0.2) is 18.2 Å².